The van der Waals surface area contributed by atoms with E-state index < -0.39 is 0 Å². The molecule has 1 atom stereocenters. The summed E-state index contributed by atoms with van der Waals surface area (Å²) < 4.78 is 15.1. The minimum Gasteiger partial charge on any atom is -0.351 e. The fraction of sp³-hybridized carbons (Fsp3) is 0.227. The molecule has 4 heterocycles. The molecule has 3 aromatic heterocycles. The Kier molecular flexibility index (Phi) is 4.66. The number of benzene rings is 1. The SMILES string of the molecule is O=c1ccc(-c2ccncc2)nn1CC1CCCN1c1ncnc2cc(F)ccc12. The van der Waals surface area contributed by atoms with Gasteiger partial charge in [-0.25, -0.2) is 19.0 Å². The van der Waals surface area contributed by atoms with E-state index in [1.54, 1.807) is 30.6 Å². The van der Waals surface area contributed by atoms with Gasteiger partial charge in [-0.3, -0.25) is 9.78 Å². The second-order valence-electron chi connectivity index (χ2n) is 7.32. The van der Waals surface area contributed by atoms with Gasteiger partial charge in [0.25, 0.3) is 5.56 Å². The largest absolute Gasteiger partial charge is 0.351 e. The molecule has 1 fully saturated rings. The summed E-state index contributed by atoms with van der Waals surface area (Å²) in [6.45, 7) is 1.26. The lowest BCUT2D eigenvalue weighted by atomic mass is 10.2. The molecule has 0 saturated carbocycles. The topological polar surface area (TPSA) is 76.8 Å². The van der Waals surface area contributed by atoms with Crippen molar-refractivity contribution in [3.05, 3.63) is 77.4 Å². The predicted octanol–water partition coefficient (Wildman–Crippen LogP) is 3.06. The Morgan fingerprint density at radius 3 is 2.80 bits per heavy atom. The van der Waals surface area contributed by atoms with Crippen molar-refractivity contribution in [3.63, 3.8) is 0 Å². The molecule has 0 N–H and O–H groups in total. The highest BCUT2D eigenvalue weighted by molar-refractivity contribution is 5.89. The molecular formula is C22H19FN6O. The van der Waals surface area contributed by atoms with Gasteiger partial charge in [0.15, 0.2) is 0 Å². The summed E-state index contributed by atoms with van der Waals surface area (Å²) in [5.74, 6) is 0.439. The molecule has 1 aromatic carbocycles. The standard InChI is InChI=1S/C22H19FN6O/c23-16-3-4-18-20(12-16)25-14-26-22(18)28-11-1-2-17(28)13-29-21(30)6-5-19(27-29)15-7-9-24-10-8-15/h3-10,12,14,17H,1-2,11,13H2. The van der Waals surface area contributed by atoms with E-state index in [-0.39, 0.29) is 17.4 Å². The Balaban J connectivity index is 1.48. The molecule has 8 heteroatoms. The Morgan fingerprint density at radius 1 is 1.07 bits per heavy atom. The number of rotatable bonds is 4. The monoisotopic (exact) mass is 402 g/mol. The van der Waals surface area contributed by atoms with Crippen molar-refractivity contribution in [1.29, 1.82) is 0 Å². The zero-order chi connectivity index (χ0) is 20.5. The van der Waals surface area contributed by atoms with E-state index in [0.717, 1.165) is 41.8 Å². The lowest BCUT2D eigenvalue weighted by Gasteiger charge is -2.26. The van der Waals surface area contributed by atoms with Crippen LogP contribution < -0.4 is 10.5 Å². The van der Waals surface area contributed by atoms with Crippen molar-refractivity contribution in [2.75, 3.05) is 11.4 Å². The summed E-state index contributed by atoms with van der Waals surface area (Å²) in [6, 6.07) is 11.6. The summed E-state index contributed by atoms with van der Waals surface area (Å²) in [7, 11) is 0. The molecule has 1 unspecified atom stereocenters. The van der Waals surface area contributed by atoms with Crippen molar-refractivity contribution in [1.82, 2.24) is 24.7 Å². The molecule has 0 amide bonds. The van der Waals surface area contributed by atoms with Crippen LogP contribution in [0.4, 0.5) is 10.2 Å². The molecule has 0 radical (unpaired) electrons. The van der Waals surface area contributed by atoms with E-state index in [0.29, 0.717) is 12.1 Å². The zero-order valence-electron chi connectivity index (χ0n) is 16.1. The van der Waals surface area contributed by atoms with Gasteiger partial charge in [0, 0.05) is 42.0 Å². The summed E-state index contributed by atoms with van der Waals surface area (Å²) in [5, 5.41) is 5.38. The van der Waals surface area contributed by atoms with Crippen molar-refractivity contribution in [3.8, 4) is 11.3 Å². The first-order valence-electron chi connectivity index (χ1n) is 9.84. The van der Waals surface area contributed by atoms with Crippen molar-refractivity contribution >= 4 is 16.7 Å². The van der Waals surface area contributed by atoms with Crippen molar-refractivity contribution < 1.29 is 4.39 Å². The molecule has 0 bridgehead atoms. The van der Waals surface area contributed by atoms with Gasteiger partial charge in [0.05, 0.1) is 23.8 Å². The quantitative estimate of drug-likeness (QED) is 0.522. The number of hydrogen-bond acceptors (Lipinski definition) is 6. The van der Waals surface area contributed by atoms with Crippen LogP contribution in [-0.2, 0) is 6.54 Å². The summed E-state index contributed by atoms with van der Waals surface area (Å²) in [4.78, 5) is 27.4. The number of nitrogens with zero attached hydrogens (tertiary/aromatic N) is 6. The Labute approximate surface area is 171 Å². The smallest absolute Gasteiger partial charge is 0.266 e. The molecule has 1 saturated heterocycles. The summed E-state index contributed by atoms with van der Waals surface area (Å²) in [5.41, 5.74) is 2.06. The molecule has 1 aliphatic heterocycles. The Bertz CT molecular complexity index is 1260. The van der Waals surface area contributed by atoms with Gasteiger partial charge in [0.1, 0.15) is 18.0 Å². The van der Waals surface area contributed by atoms with Crippen LogP contribution in [0.1, 0.15) is 12.8 Å². The summed E-state index contributed by atoms with van der Waals surface area (Å²) in [6.07, 6.45) is 6.76. The third kappa shape index (κ3) is 3.41. The number of hydrogen-bond donors (Lipinski definition) is 0. The molecule has 150 valence electrons. The molecule has 4 aromatic rings. The molecule has 30 heavy (non-hydrogen) atoms. The zero-order valence-corrected chi connectivity index (χ0v) is 16.1. The molecule has 7 nitrogen and oxygen atoms in total. The van der Waals surface area contributed by atoms with Gasteiger partial charge in [0.2, 0.25) is 0 Å². The van der Waals surface area contributed by atoms with Gasteiger partial charge in [-0.2, -0.15) is 5.10 Å². The van der Waals surface area contributed by atoms with Crippen LogP contribution in [0.25, 0.3) is 22.2 Å². The van der Waals surface area contributed by atoms with E-state index in [4.69, 9.17) is 0 Å². The van der Waals surface area contributed by atoms with Crippen LogP contribution in [0, 0.1) is 5.82 Å². The van der Waals surface area contributed by atoms with E-state index in [2.05, 4.69) is 25.0 Å². The van der Waals surface area contributed by atoms with Gasteiger partial charge >= 0.3 is 0 Å². The highest BCUT2D eigenvalue weighted by Crippen LogP contribution is 2.30. The third-order valence-corrected chi connectivity index (χ3v) is 5.45. The molecule has 0 spiro atoms. The van der Waals surface area contributed by atoms with E-state index >= 15 is 0 Å². The van der Waals surface area contributed by atoms with Crippen LogP contribution in [0.5, 0.6) is 0 Å². The lowest BCUT2D eigenvalue weighted by molar-refractivity contribution is 0.489. The Hall–Kier alpha value is -3.68. The first kappa shape index (κ1) is 18.4. The van der Waals surface area contributed by atoms with E-state index in [1.165, 1.54) is 23.1 Å². The fourth-order valence-electron chi connectivity index (χ4n) is 4.01. The maximum Gasteiger partial charge on any atom is 0.266 e. The number of aromatic nitrogens is 5. The van der Waals surface area contributed by atoms with Crippen LogP contribution in [-0.4, -0.2) is 37.3 Å². The third-order valence-electron chi connectivity index (χ3n) is 5.45. The maximum absolute atomic E-state index is 13.6. The van der Waals surface area contributed by atoms with Crippen LogP contribution >= 0.6 is 0 Å². The normalized spacial score (nSPS) is 16.3. The minimum absolute atomic E-state index is 0.0612. The number of anilines is 1. The first-order valence-corrected chi connectivity index (χ1v) is 9.84. The number of fused-ring (bicyclic) bond motifs is 1. The van der Waals surface area contributed by atoms with Crippen molar-refractivity contribution in [2.24, 2.45) is 0 Å². The second-order valence-corrected chi connectivity index (χ2v) is 7.32. The van der Waals surface area contributed by atoms with Crippen LogP contribution in [0.2, 0.25) is 0 Å². The van der Waals surface area contributed by atoms with Gasteiger partial charge in [-0.05, 0) is 43.2 Å². The number of halogens is 1. The summed E-state index contributed by atoms with van der Waals surface area (Å²) >= 11 is 0. The van der Waals surface area contributed by atoms with Crippen LogP contribution in [0.3, 0.4) is 0 Å². The van der Waals surface area contributed by atoms with E-state index in [1.807, 2.05) is 12.1 Å². The highest BCUT2D eigenvalue weighted by Gasteiger charge is 2.28. The predicted molar refractivity (Wildman–Crippen MR) is 112 cm³/mol. The van der Waals surface area contributed by atoms with Crippen molar-refractivity contribution in [2.45, 2.75) is 25.4 Å². The van der Waals surface area contributed by atoms with Crippen LogP contribution in [0.15, 0.2) is 66.0 Å². The molecule has 0 aliphatic carbocycles. The van der Waals surface area contributed by atoms with E-state index in [9.17, 15) is 9.18 Å². The average Bonchev–Trinajstić information content (AvgIpc) is 3.23. The fourth-order valence-corrected chi connectivity index (χ4v) is 4.01. The first-order chi connectivity index (χ1) is 14.7. The molecule has 5 rings (SSSR count). The molecule has 1 aliphatic rings. The lowest BCUT2D eigenvalue weighted by Crippen LogP contribution is -2.37. The highest BCUT2D eigenvalue weighted by atomic mass is 19.1. The van der Waals surface area contributed by atoms with Gasteiger partial charge in [-0.15, -0.1) is 0 Å². The minimum atomic E-state index is -0.325. The second kappa shape index (κ2) is 7.62. The Morgan fingerprint density at radius 2 is 1.93 bits per heavy atom. The molecular weight excluding hydrogens is 383 g/mol. The van der Waals surface area contributed by atoms with Gasteiger partial charge < -0.3 is 4.90 Å². The van der Waals surface area contributed by atoms with Gasteiger partial charge in [-0.1, -0.05) is 0 Å². The average molecular weight is 402 g/mol. The number of pyridine rings is 1. The maximum atomic E-state index is 13.6.